The van der Waals surface area contributed by atoms with Crippen molar-refractivity contribution < 1.29 is 0 Å². The van der Waals surface area contributed by atoms with E-state index in [-0.39, 0.29) is 5.69 Å². The van der Waals surface area contributed by atoms with E-state index in [0.717, 1.165) is 23.9 Å². The fraction of sp³-hybridized carbons (Fsp3) is 0.462. The molecule has 1 N–H and O–H groups in total. The predicted molar refractivity (Wildman–Crippen MR) is 64.8 cm³/mol. The molecule has 1 fully saturated rings. The van der Waals surface area contributed by atoms with E-state index in [2.05, 4.69) is 17.1 Å². The first-order chi connectivity index (χ1) is 7.75. The van der Waals surface area contributed by atoms with E-state index in [1.807, 2.05) is 17.6 Å². The normalized spacial score (nSPS) is 17.3. The molecule has 3 rings (SSSR count). The van der Waals surface area contributed by atoms with E-state index in [1.54, 1.807) is 0 Å². The Morgan fingerprint density at radius 1 is 1.31 bits per heavy atom. The van der Waals surface area contributed by atoms with Gasteiger partial charge in [0.15, 0.2) is 0 Å². The highest BCUT2D eigenvalue weighted by atomic mass is 16.1. The van der Waals surface area contributed by atoms with Crippen LogP contribution in [-0.4, -0.2) is 9.55 Å². The van der Waals surface area contributed by atoms with Crippen molar-refractivity contribution in [1.82, 2.24) is 9.55 Å². The molecule has 0 spiro atoms. The fourth-order valence-electron chi connectivity index (χ4n) is 2.77. The number of aromatic amines is 1. The molecular weight excluding hydrogens is 200 g/mol. The van der Waals surface area contributed by atoms with Gasteiger partial charge in [0.25, 0.3) is 0 Å². The summed E-state index contributed by atoms with van der Waals surface area (Å²) in [5.41, 5.74) is 3.26. The fourth-order valence-corrected chi connectivity index (χ4v) is 2.77. The Morgan fingerprint density at radius 3 is 2.81 bits per heavy atom. The minimum atomic E-state index is 0.0486. The molecule has 1 aliphatic carbocycles. The van der Waals surface area contributed by atoms with Crippen molar-refractivity contribution in [3.05, 3.63) is 34.2 Å². The molecule has 0 bridgehead atoms. The second-order valence-electron chi connectivity index (χ2n) is 4.76. The molecule has 3 nitrogen and oxygen atoms in total. The maximum absolute atomic E-state index is 11.9. The van der Waals surface area contributed by atoms with Gasteiger partial charge < -0.3 is 4.98 Å². The second kappa shape index (κ2) is 3.51. The quantitative estimate of drug-likeness (QED) is 0.782. The van der Waals surface area contributed by atoms with Crippen LogP contribution in [0, 0.1) is 6.92 Å². The largest absolute Gasteiger partial charge is 0.326 e. The molecule has 0 amide bonds. The van der Waals surface area contributed by atoms with Crippen LogP contribution in [0.1, 0.15) is 37.3 Å². The number of hydrogen-bond donors (Lipinski definition) is 1. The molecule has 1 aromatic heterocycles. The van der Waals surface area contributed by atoms with Crippen LogP contribution in [0.4, 0.5) is 0 Å². The molecule has 0 unspecified atom stereocenters. The number of imidazole rings is 1. The monoisotopic (exact) mass is 216 g/mol. The zero-order chi connectivity index (χ0) is 11.1. The topological polar surface area (TPSA) is 37.8 Å². The highest BCUT2D eigenvalue weighted by Gasteiger charge is 2.20. The Hall–Kier alpha value is -1.51. The third kappa shape index (κ3) is 1.39. The van der Waals surface area contributed by atoms with E-state index >= 15 is 0 Å². The molecule has 3 heteroatoms. The van der Waals surface area contributed by atoms with Gasteiger partial charge in [0.05, 0.1) is 11.0 Å². The Kier molecular flexibility index (Phi) is 2.13. The molecule has 1 saturated carbocycles. The van der Waals surface area contributed by atoms with Crippen molar-refractivity contribution in [1.29, 1.82) is 0 Å². The predicted octanol–water partition coefficient (Wildman–Crippen LogP) is 2.75. The Bertz CT molecular complexity index is 573. The number of nitrogens with zero attached hydrogens (tertiary/aromatic N) is 1. The molecule has 0 aliphatic heterocycles. The molecule has 84 valence electrons. The lowest BCUT2D eigenvalue weighted by Gasteiger charge is -2.10. The van der Waals surface area contributed by atoms with Crippen LogP contribution < -0.4 is 5.69 Å². The maximum Gasteiger partial charge on any atom is 0.326 e. The summed E-state index contributed by atoms with van der Waals surface area (Å²) in [6, 6.07) is 6.58. The summed E-state index contributed by atoms with van der Waals surface area (Å²) in [7, 11) is 0. The molecule has 0 atom stereocenters. The van der Waals surface area contributed by atoms with Crippen LogP contribution in [0.5, 0.6) is 0 Å². The third-order valence-corrected chi connectivity index (χ3v) is 3.56. The van der Waals surface area contributed by atoms with E-state index < -0.39 is 0 Å². The molecular formula is C13H16N2O. The minimum Gasteiger partial charge on any atom is -0.306 e. The van der Waals surface area contributed by atoms with Crippen LogP contribution in [0.25, 0.3) is 11.0 Å². The standard InChI is InChI=1S/C13H16N2O/c1-9-6-7-12-11(8-9)14-13(16)15(12)10-4-2-3-5-10/h6-8,10H,2-5H2,1H3,(H,14,16). The maximum atomic E-state index is 11.9. The lowest BCUT2D eigenvalue weighted by molar-refractivity contribution is 0.518. The summed E-state index contributed by atoms with van der Waals surface area (Å²) in [5, 5.41) is 0. The first-order valence-corrected chi connectivity index (χ1v) is 5.96. The van der Waals surface area contributed by atoms with E-state index in [0.29, 0.717) is 6.04 Å². The van der Waals surface area contributed by atoms with Crippen molar-refractivity contribution >= 4 is 11.0 Å². The summed E-state index contributed by atoms with van der Waals surface area (Å²) in [6.45, 7) is 2.05. The number of aromatic nitrogens is 2. The Balaban J connectivity index is 2.23. The van der Waals surface area contributed by atoms with Crippen LogP contribution >= 0.6 is 0 Å². The van der Waals surface area contributed by atoms with Gasteiger partial charge in [-0.2, -0.15) is 0 Å². The zero-order valence-corrected chi connectivity index (χ0v) is 9.49. The van der Waals surface area contributed by atoms with E-state index in [1.165, 1.54) is 18.4 Å². The molecule has 2 aromatic rings. The highest BCUT2D eigenvalue weighted by molar-refractivity contribution is 5.76. The molecule has 1 aliphatic rings. The second-order valence-corrected chi connectivity index (χ2v) is 4.76. The highest BCUT2D eigenvalue weighted by Crippen LogP contribution is 2.30. The van der Waals surface area contributed by atoms with Crippen molar-refractivity contribution in [2.24, 2.45) is 0 Å². The molecule has 1 aromatic carbocycles. The van der Waals surface area contributed by atoms with Gasteiger partial charge in [-0.15, -0.1) is 0 Å². The van der Waals surface area contributed by atoms with Crippen molar-refractivity contribution in [3.8, 4) is 0 Å². The summed E-state index contributed by atoms with van der Waals surface area (Å²) in [4.78, 5) is 14.9. The van der Waals surface area contributed by atoms with Crippen molar-refractivity contribution in [2.75, 3.05) is 0 Å². The van der Waals surface area contributed by atoms with Gasteiger partial charge in [0.2, 0.25) is 0 Å². The third-order valence-electron chi connectivity index (χ3n) is 3.56. The zero-order valence-electron chi connectivity index (χ0n) is 9.49. The first kappa shape index (κ1) is 9.70. The number of aryl methyl sites for hydroxylation is 1. The number of H-pyrrole nitrogens is 1. The van der Waals surface area contributed by atoms with Crippen molar-refractivity contribution in [2.45, 2.75) is 38.6 Å². The lowest BCUT2D eigenvalue weighted by atomic mass is 10.2. The number of benzene rings is 1. The summed E-state index contributed by atoms with van der Waals surface area (Å²) >= 11 is 0. The van der Waals surface area contributed by atoms with Crippen LogP contribution in [-0.2, 0) is 0 Å². The smallest absolute Gasteiger partial charge is 0.306 e. The van der Waals surface area contributed by atoms with E-state index in [9.17, 15) is 4.79 Å². The van der Waals surface area contributed by atoms with Gasteiger partial charge in [-0.05, 0) is 37.5 Å². The molecule has 0 saturated heterocycles. The van der Waals surface area contributed by atoms with Gasteiger partial charge in [0, 0.05) is 6.04 Å². The lowest BCUT2D eigenvalue weighted by Crippen LogP contribution is -2.20. The van der Waals surface area contributed by atoms with Crippen LogP contribution in [0.3, 0.4) is 0 Å². The number of rotatable bonds is 1. The molecule has 0 radical (unpaired) electrons. The van der Waals surface area contributed by atoms with Crippen LogP contribution in [0.15, 0.2) is 23.0 Å². The molecule has 16 heavy (non-hydrogen) atoms. The van der Waals surface area contributed by atoms with Crippen molar-refractivity contribution in [3.63, 3.8) is 0 Å². The average molecular weight is 216 g/mol. The van der Waals surface area contributed by atoms with Gasteiger partial charge in [-0.1, -0.05) is 18.9 Å². The number of nitrogens with one attached hydrogen (secondary N) is 1. The van der Waals surface area contributed by atoms with Gasteiger partial charge >= 0.3 is 5.69 Å². The number of fused-ring (bicyclic) bond motifs is 1. The van der Waals surface area contributed by atoms with Gasteiger partial charge in [-0.3, -0.25) is 4.57 Å². The van der Waals surface area contributed by atoms with E-state index in [4.69, 9.17) is 0 Å². The minimum absolute atomic E-state index is 0.0486. The summed E-state index contributed by atoms with van der Waals surface area (Å²) in [5.74, 6) is 0. The van der Waals surface area contributed by atoms with Gasteiger partial charge in [0.1, 0.15) is 0 Å². The SMILES string of the molecule is Cc1ccc2c(c1)[nH]c(=O)n2C1CCCC1. The average Bonchev–Trinajstić information content (AvgIpc) is 2.83. The number of hydrogen-bond acceptors (Lipinski definition) is 1. The van der Waals surface area contributed by atoms with Crippen LogP contribution in [0.2, 0.25) is 0 Å². The van der Waals surface area contributed by atoms with Gasteiger partial charge in [-0.25, -0.2) is 4.79 Å². The molecule has 1 heterocycles. The Morgan fingerprint density at radius 2 is 2.06 bits per heavy atom. The summed E-state index contributed by atoms with van der Waals surface area (Å²) < 4.78 is 1.95. The Labute approximate surface area is 94.1 Å². The first-order valence-electron chi connectivity index (χ1n) is 5.96. The summed E-state index contributed by atoms with van der Waals surface area (Å²) in [6.07, 6.45) is 4.77.